The molecule has 0 aliphatic carbocycles. The molecule has 1 N–H and O–H groups in total. The molecule has 0 fully saturated rings. The van der Waals surface area contributed by atoms with Gasteiger partial charge in [0.15, 0.2) is 0 Å². The number of benzene rings is 2. The van der Waals surface area contributed by atoms with Gasteiger partial charge in [0.1, 0.15) is 11.6 Å². The summed E-state index contributed by atoms with van der Waals surface area (Å²) in [5, 5.41) is 9.25. The van der Waals surface area contributed by atoms with Gasteiger partial charge >= 0.3 is 5.97 Å². The van der Waals surface area contributed by atoms with Crippen molar-refractivity contribution in [2.45, 2.75) is 10.6 Å². The minimum Gasteiger partial charge on any atom is -0.478 e. The number of carboxylic acid groups (broad SMARTS) is 1. The SMILES string of the molecule is O=C(O)c1ccc(F)c(SCc2cc(Cl)ccc2F)c1. The topological polar surface area (TPSA) is 37.3 Å². The zero-order chi connectivity index (χ0) is 14.7. The molecule has 0 aromatic heterocycles. The van der Waals surface area contributed by atoms with E-state index in [0.29, 0.717) is 10.6 Å². The summed E-state index contributed by atoms with van der Waals surface area (Å²) in [4.78, 5) is 11.0. The van der Waals surface area contributed by atoms with Crippen molar-refractivity contribution in [2.24, 2.45) is 0 Å². The highest BCUT2D eigenvalue weighted by molar-refractivity contribution is 7.98. The predicted octanol–water partition coefficient (Wildman–Crippen LogP) is 4.61. The van der Waals surface area contributed by atoms with Gasteiger partial charge in [-0.3, -0.25) is 0 Å². The first kappa shape index (κ1) is 14.8. The molecule has 0 bridgehead atoms. The molecule has 2 aromatic carbocycles. The van der Waals surface area contributed by atoms with Gasteiger partial charge < -0.3 is 5.11 Å². The molecule has 0 atom stereocenters. The summed E-state index contributed by atoms with van der Waals surface area (Å²) in [5.74, 6) is -1.95. The molecule has 2 rings (SSSR count). The van der Waals surface area contributed by atoms with Gasteiger partial charge in [0.2, 0.25) is 0 Å². The quantitative estimate of drug-likeness (QED) is 0.837. The maximum absolute atomic E-state index is 13.6. The number of aromatic carboxylic acids is 1. The van der Waals surface area contributed by atoms with Crippen molar-refractivity contribution in [2.75, 3.05) is 0 Å². The van der Waals surface area contributed by atoms with Gasteiger partial charge in [0.05, 0.1) is 5.56 Å². The number of rotatable bonds is 4. The summed E-state index contributed by atoms with van der Waals surface area (Å²) >= 11 is 6.79. The van der Waals surface area contributed by atoms with Crippen LogP contribution >= 0.6 is 23.4 Å². The molecular formula is C14H9ClF2O2S. The van der Waals surface area contributed by atoms with E-state index in [1.807, 2.05) is 0 Å². The third-order valence-corrected chi connectivity index (χ3v) is 3.88. The first-order valence-electron chi connectivity index (χ1n) is 5.57. The van der Waals surface area contributed by atoms with E-state index in [1.165, 1.54) is 30.3 Å². The minimum absolute atomic E-state index is 0.0135. The Bertz CT molecular complexity index is 662. The first-order valence-corrected chi connectivity index (χ1v) is 6.93. The number of halogens is 3. The molecule has 2 nitrogen and oxygen atoms in total. The molecule has 0 radical (unpaired) electrons. The molecule has 6 heteroatoms. The second-order valence-electron chi connectivity index (χ2n) is 3.97. The Morgan fingerprint density at radius 3 is 2.55 bits per heavy atom. The van der Waals surface area contributed by atoms with Crippen LogP contribution in [0.25, 0.3) is 0 Å². The van der Waals surface area contributed by atoms with Gasteiger partial charge in [0.25, 0.3) is 0 Å². The summed E-state index contributed by atoms with van der Waals surface area (Å²) < 4.78 is 27.1. The Labute approximate surface area is 123 Å². The predicted molar refractivity (Wildman–Crippen MR) is 74.3 cm³/mol. The highest BCUT2D eigenvalue weighted by Crippen LogP contribution is 2.28. The Balaban J connectivity index is 2.20. The monoisotopic (exact) mass is 314 g/mol. The lowest BCUT2D eigenvalue weighted by molar-refractivity contribution is 0.0696. The van der Waals surface area contributed by atoms with Crippen LogP contribution in [0, 0.1) is 11.6 Å². The van der Waals surface area contributed by atoms with Crippen molar-refractivity contribution >= 4 is 29.3 Å². The standard InChI is InChI=1S/C14H9ClF2O2S/c15-10-2-4-11(16)9(5-10)7-20-13-6-8(14(18)19)1-3-12(13)17/h1-6H,7H2,(H,18,19). The van der Waals surface area contributed by atoms with E-state index in [-0.39, 0.29) is 16.2 Å². The van der Waals surface area contributed by atoms with Crippen molar-refractivity contribution in [1.29, 1.82) is 0 Å². The lowest BCUT2D eigenvalue weighted by Gasteiger charge is -2.06. The second-order valence-corrected chi connectivity index (χ2v) is 5.43. The van der Waals surface area contributed by atoms with E-state index in [2.05, 4.69) is 0 Å². The molecular weight excluding hydrogens is 306 g/mol. The first-order chi connectivity index (χ1) is 9.47. The van der Waals surface area contributed by atoms with Crippen LogP contribution in [-0.2, 0) is 5.75 Å². The fourth-order valence-corrected chi connectivity index (χ4v) is 2.70. The lowest BCUT2D eigenvalue weighted by Crippen LogP contribution is -1.97. The summed E-state index contributed by atoms with van der Waals surface area (Å²) in [7, 11) is 0. The van der Waals surface area contributed by atoms with E-state index in [1.54, 1.807) is 0 Å². The maximum atomic E-state index is 13.6. The molecule has 0 saturated heterocycles. The van der Waals surface area contributed by atoms with E-state index in [0.717, 1.165) is 17.8 Å². The summed E-state index contributed by atoms with van der Waals surface area (Å²) in [5.41, 5.74) is 0.322. The molecule has 0 aliphatic rings. The van der Waals surface area contributed by atoms with Gasteiger partial charge in [-0.1, -0.05) is 11.6 Å². The fraction of sp³-hybridized carbons (Fsp3) is 0.0714. The number of hydrogen-bond donors (Lipinski definition) is 1. The molecule has 0 aliphatic heterocycles. The van der Waals surface area contributed by atoms with Crippen molar-refractivity contribution in [3.05, 3.63) is 64.2 Å². The zero-order valence-corrected chi connectivity index (χ0v) is 11.6. The Kier molecular flexibility index (Phi) is 4.62. The average molecular weight is 315 g/mol. The van der Waals surface area contributed by atoms with Crippen LogP contribution in [0.15, 0.2) is 41.3 Å². The van der Waals surface area contributed by atoms with Gasteiger partial charge in [0, 0.05) is 15.7 Å². The third-order valence-electron chi connectivity index (χ3n) is 2.57. The lowest BCUT2D eigenvalue weighted by atomic mass is 10.2. The van der Waals surface area contributed by atoms with Crippen LogP contribution in [0.3, 0.4) is 0 Å². The number of hydrogen-bond acceptors (Lipinski definition) is 2. The highest BCUT2D eigenvalue weighted by Gasteiger charge is 2.10. The molecule has 0 unspecified atom stereocenters. The van der Waals surface area contributed by atoms with Crippen molar-refractivity contribution in [3.63, 3.8) is 0 Å². The van der Waals surface area contributed by atoms with Gasteiger partial charge in [-0.05, 0) is 42.0 Å². The van der Waals surface area contributed by atoms with Crippen molar-refractivity contribution in [3.8, 4) is 0 Å². The van der Waals surface area contributed by atoms with Gasteiger partial charge in [-0.25, -0.2) is 13.6 Å². The van der Waals surface area contributed by atoms with E-state index < -0.39 is 17.6 Å². The largest absolute Gasteiger partial charge is 0.478 e. The molecule has 0 amide bonds. The maximum Gasteiger partial charge on any atom is 0.335 e. The number of carbonyl (C=O) groups is 1. The Morgan fingerprint density at radius 1 is 1.15 bits per heavy atom. The third kappa shape index (κ3) is 3.49. The van der Waals surface area contributed by atoms with E-state index >= 15 is 0 Å². The molecule has 0 spiro atoms. The normalized spacial score (nSPS) is 10.6. The smallest absolute Gasteiger partial charge is 0.335 e. The Hall–Kier alpha value is -1.59. The Morgan fingerprint density at radius 2 is 1.85 bits per heavy atom. The van der Waals surface area contributed by atoms with Crippen LogP contribution in [0.2, 0.25) is 5.02 Å². The summed E-state index contributed by atoms with van der Waals surface area (Å²) in [6, 6.07) is 7.62. The van der Waals surface area contributed by atoms with Crippen molar-refractivity contribution in [1.82, 2.24) is 0 Å². The van der Waals surface area contributed by atoms with E-state index in [9.17, 15) is 13.6 Å². The summed E-state index contributed by atoms with van der Waals surface area (Å²) in [6.07, 6.45) is 0. The van der Waals surface area contributed by atoms with Crippen LogP contribution in [0.1, 0.15) is 15.9 Å². The minimum atomic E-state index is -1.14. The molecule has 104 valence electrons. The zero-order valence-electron chi connectivity index (χ0n) is 10.1. The molecule has 0 saturated carbocycles. The molecule has 0 heterocycles. The van der Waals surface area contributed by atoms with Crippen LogP contribution in [0.5, 0.6) is 0 Å². The average Bonchev–Trinajstić information content (AvgIpc) is 2.41. The van der Waals surface area contributed by atoms with Crippen LogP contribution < -0.4 is 0 Å². The number of thioether (sulfide) groups is 1. The second kappa shape index (κ2) is 6.24. The van der Waals surface area contributed by atoms with Gasteiger partial charge in [-0.2, -0.15) is 0 Å². The highest BCUT2D eigenvalue weighted by atomic mass is 35.5. The summed E-state index contributed by atoms with van der Waals surface area (Å²) in [6.45, 7) is 0. The molecule has 2 aromatic rings. The van der Waals surface area contributed by atoms with Crippen molar-refractivity contribution < 1.29 is 18.7 Å². The van der Waals surface area contributed by atoms with Gasteiger partial charge in [-0.15, -0.1) is 11.8 Å². The number of carboxylic acids is 1. The fourth-order valence-electron chi connectivity index (χ4n) is 1.56. The van der Waals surface area contributed by atoms with Crippen LogP contribution in [-0.4, -0.2) is 11.1 Å². The van der Waals surface area contributed by atoms with E-state index in [4.69, 9.17) is 16.7 Å². The molecule has 20 heavy (non-hydrogen) atoms. The van der Waals surface area contributed by atoms with Crippen LogP contribution in [0.4, 0.5) is 8.78 Å².